The molecule has 0 saturated carbocycles. The summed E-state index contributed by atoms with van der Waals surface area (Å²) in [6.07, 6.45) is 3.17. The Morgan fingerprint density at radius 1 is 1.30 bits per heavy atom. The fourth-order valence-electron chi connectivity index (χ4n) is 2.42. The summed E-state index contributed by atoms with van der Waals surface area (Å²) in [6, 6.07) is 10.6. The summed E-state index contributed by atoms with van der Waals surface area (Å²) in [6.45, 7) is 1.76. The fraction of sp³-hybridized carbons (Fsp3) is 0.235. The van der Waals surface area contributed by atoms with Gasteiger partial charge in [0.25, 0.3) is 5.56 Å². The van der Waals surface area contributed by atoms with Gasteiger partial charge in [-0.05, 0) is 25.1 Å². The van der Waals surface area contributed by atoms with Gasteiger partial charge in [0.15, 0.2) is 0 Å². The quantitative estimate of drug-likeness (QED) is 0.741. The maximum atomic E-state index is 12.4. The zero-order valence-electron chi connectivity index (χ0n) is 13.0. The zero-order chi connectivity index (χ0) is 16.4. The predicted molar refractivity (Wildman–Crippen MR) is 85.9 cm³/mol. The lowest BCUT2D eigenvalue weighted by Crippen LogP contribution is -2.36. The molecule has 0 saturated heterocycles. The lowest BCUT2D eigenvalue weighted by molar-refractivity contribution is -0.133. The summed E-state index contributed by atoms with van der Waals surface area (Å²) in [5, 5.41) is 5.40. The van der Waals surface area contributed by atoms with Gasteiger partial charge >= 0.3 is 0 Å². The van der Waals surface area contributed by atoms with Crippen LogP contribution in [0.25, 0.3) is 10.8 Å². The van der Waals surface area contributed by atoms with Gasteiger partial charge in [-0.3, -0.25) is 9.59 Å². The Kier molecular flexibility index (Phi) is 3.97. The summed E-state index contributed by atoms with van der Waals surface area (Å²) in [4.78, 5) is 26.4. The van der Waals surface area contributed by atoms with Crippen molar-refractivity contribution in [1.29, 1.82) is 0 Å². The van der Waals surface area contributed by atoms with Crippen molar-refractivity contribution >= 4 is 16.7 Å². The molecule has 1 atom stereocenters. The molecule has 1 amide bonds. The zero-order valence-corrected chi connectivity index (χ0v) is 13.0. The number of rotatable bonds is 4. The van der Waals surface area contributed by atoms with Gasteiger partial charge in [-0.1, -0.05) is 18.2 Å². The molecule has 3 rings (SSSR count). The number of hydrogen-bond donors (Lipinski definition) is 0. The highest BCUT2D eigenvalue weighted by molar-refractivity contribution is 5.81. The number of hydrogen-bond acceptors (Lipinski definition) is 4. The van der Waals surface area contributed by atoms with Crippen LogP contribution < -0.4 is 5.56 Å². The van der Waals surface area contributed by atoms with Crippen molar-refractivity contribution in [2.45, 2.75) is 19.5 Å². The lowest BCUT2D eigenvalue weighted by Gasteiger charge is -2.23. The molecule has 0 N–H and O–H groups in total. The summed E-state index contributed by atoms with van der Waals surface area (Å²) >= 11 is 0. The van der Waals surface area contributed by atoms with Gasteiger partial charge in [-0.15, -0.1) is 0 Å². The molecule has 0 radical (unpaired) electrons. The third kappa shape index (κ3) is 2.88. The van der Waals surface area contributed by atoms with E-state index in [1.54, 1.807) is 42.6 Å². The molecule has 0 aliphatic rings. The number of furan rings is 1. The third-order valence-electron chi connectivity index (χ3n) is 3.98. The highest BCUT2D eigenvalue weighted by atomic mass is 16.3. The van der Waals surface area contributed by atoms with E-state index in [4.69, 9.17) is 4.42 Å². The highest BCUT2D eigenvalue weighted by Crippen LogP contribution is 2.19. The highest BCUT2D eigenvalue weighted by Gasteiger charge is 2.20. The summed E-state index contributed by atoms with van der Waals surface area (Å²) in [5.74, 6) is 0.485. The molecule has 118 valence electrons. The monoisotopic (exact) mass is 311 g/mol. The molecular weight excluding hydrogens is 294 g/mol. The van der Waals surface area contributed by atoms with Crippen molar-refractivity contribution in [2.75, 3.05) is 7.05 Å². The minimum atomic E-state index is -0.268. The second kappa shape index (κ2) is 6.08. The Balaban J connectivity index is 1.83. The number of carbonyl (C=O) groups excluding carboxylic acids is 1. The van der Waals surface area contributed by atoms with Crippen molar-refractivity contribution in [3.8, 4) is 0 Å². The van der Waals surface area contributed by atoms with Crippen LogP contribution in [0.5, 0.6) is 0 Å². The van der Waals surface area contributed by atoms with Gasteiger partial charge in [0.05, 0.1) is 23.9 Å². The number of likely N-dealkylation sites (N-methyl/N-ethyl adjacent to an activating group) is 1. The number of fused-ring (bicyclic) bond motifs is 1. The van der Waals surface area contributed by atoms with E-state index in [1.165, 1.54) is 4.68 Å². The number of carbonyl (C=O) groups is 1. The summed E-state index contributed by atoms with van der Waals surface area (Å²) < 4.78 is 6.51. The number of amides is 1. The first-order valence-corrected chi connectivity index (χ1v) is 7.32. The summed E-state index contributed by atoms with van der Waals surface area (Å²) in [7, 11) is 1.68. The SMILES string of the molecule is CC(c1ccco1)N(C)C(=O)Cn1ncc2ccccc2c1=O. The van der Waals surface area contributed by atoms with Crippen LogP contribution in [-0.2, 0) is 11.3 Å². The van der Waals surface area contributed by atoms with Crippen molar-refractivity contribution in [3.63, 3.8) is 0 Å². The Morgan fingerprint density at radius 3 is 2.83 bits per heavy atom. The fourth-order valence-corrected chi connectivity index (χ4v) is 2.42. The van der Waals surface area contributed by atoms with Crippen LogP contribution in [0.1, 0.15) is 18.7 Å². The van der Waals surface area contributed by atoms with E-state index >= 15 is 0 Å². The number of nitrogens with zero attached hydrogens (tertiary/aromatic N) is 3. The van der Waals surface area contributed by atoms with Gasteiger partial charge in [-0.25, -0.2) is 4.68 Å². The number of benzene rings is 1. The molecule has 3 aromatic rings. The van der Waals surface area contributed by atoms with Gasteiger partial charge < -0.3 is 9.32 Å². The molecule has 0 aliphatic carbocycles. The van der Waals surface area contributed by atoms with Crippen molar-refractivity contribution in [1.82, 2.24) is 14.7 Å². The first-order chi connectivity index (χ1) is 11.1. The molecule has 2 heterocycles. The van der Waals surface area contributed by atoms with Gasteiger partial charge in [-0.2, -0.15) is 5.10 Å². The van der Waals surface area contributed by atoms with Crippen molar-refractivity contribution in [2.24, 2.45) is 0 Å². The normalized spacial score (nSPS) is 12.3. The van der Waals surface area contributed by atoms with Crippen LogP contribution >= 0.6 is 0 Å². The molecule has 6 heteroatoms. The van der Waals surface area contributed by atoms with E-state index < -0.39 is 0 Å². The Morgan fingerprint density at radius 2 is 2.09 bits per heavy atom. The Bertz CT molecular complexity index is 883. The topological polar surface area (TPSA) is 68.3 Å². The molecule has 2 aromatic heterocycles. The van der Waals surface area contributed by atoms with Crippen LogP contribution in [0.15, 0.2) is 58.1 Å². The van der Waals surface area contributed by atoms with Crippen LogP contribution in [0.4, 0.5) is 0 Å². The maximum absolute atomic E-state index is 12.4. The molecule has 6 nitrogen and oxygen atoms in total. The Labute approximate surface area is 132 Å². The largest absolute Gasteiger partial charge is 0.467 e. The van der Waals surface area contributed by atoms with E-state index in [1.807, 2.05) is 25.1 Å². The molecule has 23 heavy (non-hydrogen) atoms. The van der Waals surface area contributed by atoms with Crippen LogP contribution in [0.2, 0.25) is 0 Å². The molecule has 1 aromatic carbocycles. The van der Waals surface area contributed by atoms with Crippen LogP contribution in [0, 0.1) is 0 Å². The van der Waals surface area contributed by atoms with E-state index in [0.717, 1.165) is 5.39 Å². The van der Waals surface area contributed by atoms with E-state index in [0.29, 0.717) is 11.1 Å². The molecule has 0 fully saturated rings. The molecular formula is C17H17N3O3. The Hall–Kier alpha value is -2.89. The lowest BCUT2D eigenvalue weighted by atomic mass is 10.2. The second-order valence-electron chi connectivity index (χ2n) is 5.39. The third-order valence-corrected chi connectivity index (χ3v) is 3.98. The molecule has 0 spiro atoms. The van der Waals surface area contributed by atoms with E-state index in [9.17, 15) is 9.59 Å². The van der Waals surface area contributed by atoms with E-state index in [-0.39, 0.29) is 24.1 Å². The van der Waals surface area contributed by atoms with Crippen LogP contribution in [0.3, 0.4) is 0 Å². The van der Waals surface area contributed by atoms with Crippen LogP contribution in [-0.4, -0.2) is 27.6 Å². The maximum Gasteiger partial charge on any atom is 0.275 e. The van der Waals surface area contributed by atoms with Gasteiger partial charge in [0.1, 0.15) is 12.3 Å². The molecule has 0 aliphatic heterocycles. The van der Waals surface area contributed by atoms with Crippen molar-refractivity contribution in [3.05, 3.63) is 65.0 Å². The standard InChI is InChI=1S/C17H17N3O3/c1-12(15-8-5-9-23-15)19(2)16(21)11-20-17(22)14-7-4-3-6-13(14)10-18-20/h3-10,12H,11H2,1-2H3. The second-order valence-corrected chi connectivity index (χ2v) is 5.39. The average Bonchev–Trinajstić information content (AvgIpc) is 3.10. The number of aromatic nitrogens is 2. The smallest absolute Gasteiger partial charge is 0.275 e. The first kappa shape index (κ1) is 15.0. The predicted octanol–water partition coefficient (Wildman–Crippen LogP) is 2.21. The first-order valence-electron chi connectivity index (χ1n) is 7.32. The van der Waals surface area contributed by atoms with Gasteiger partial charge in [0.2, 0.25) is 5.91 Å². The van der Waals surface area contributed by atoms with Gasteiger partial charge in [0, 0.05) is 12.4 Å². The van der Waals surface area contributed by atoms with Crippen molar-refractivity contribution < 1.29 is 9.21 Å². The molecule has 0 bridgehead atoms. The molecule has 1 unspecified atom stereocenters. The minimum Gasteiger partial charge on any atom is -0.467 e. The minimum absolute atomic E-state index is 0.106. The van der Waals surface area contributed by atoms with E-state index in [2.05, 4.69) is 5.10 Å². The average molecular weight is 311 g/mol. The summed E-state index contributed by atoms with van der Waals surface area (Å²) in [5.41, 5.74) is -0.268.